The van der Waals surface area contributed by atoms with Crippen molar-refractivity contribution in [2.24, 2.45) is 5.92 Å². The molecule has 0 unspecified atom stereocenters. The van der Waals surface area contributed by atoms with Gasteiger partial charge in [0.05, 0.1) is 6.26 Å². The van der Waals surface area contributed by atoms with E-state index in [9.17, 15) is 8.42 Å². The van der Waals surface area contributed by atoms with Crippen molar-refractivity contribution in [3.05, 3.63) is 0 Å². The van der Waals surface area contributed by atoms with Gasteiger partial charge in [-0.3, -0.25) is 0 Å². The highest BCUT2D eigenvalue weighted by Gasteiger charge is 2.11. The molecule has 0 aromatic rings. The average molecular weight is 248 g/mol. The molecule has 0 spiro atoms. The number of sulfonamides is 1. The lowest BCUT2D eigenvalue weighted by Gasteiger charge is -2.14. The van der Waals surface area contributed by atoms with E-state index in [1.165, 1.54) is 44.8 Å². The zero-order chi connectivity index (χ0) is 11.9. The van der Waals surface area contributed by atoms with Crippen molar-refractivity contribution in [3.8, 4) is 0 Å². The molecule has 1 aliphatic rings. The Labute approximate surface area is 99.2 Å². The average Bonchev–Trinajstić information content (AvgIpc) is 2.44. The van der Waals surface area contributed by atoms with Gasteiger partial charge in [0.25, 0.3) is 0 Å². The van der Waals surface area contributed by atoms with Crippen LogP contribution in [-0.4, -0.2) is 34.3 Å². The van der Waals surface area contributed by atoms with Crippen molar-refractivity contribution in [2.45, 2.75) is 38.5 Å². The van der Waals surface area contributed by atoms with Gasteiger partial charge in [-0.2, -0.15) is 0 Å². The molecular weight excluding hydrogens is 224 g/mol. The Bertz CT molecular complexity index is 270. The molecule has 1 rings (SSSR count). The third-order valence-electron chi connectivity index (χ3n) is 3.07. The lowest BCUT2D eigenvalue weighted by molar-refractivity contribution is 0.427. The summed E-state index contributed by atoms with van der Waals surface area (Å²) in [6, 6.07) is 0. The second kappa shape index (κ2) is 7.25. The van der Waals surface area contributed by atoms with Crippen LogP contribution in [-0.2, 0) is 10.0 Å². The Morgan fingerprint density at radius 3 is 2.25 bits per heavy atom. The van der Waals surface area contributed by atoms with Crippen LogP contribution >= 0.6 is 0 Å². The molecule has 0 heterocycles. The summed E-state index contributed by atoms with van der Waals surface area (Å²) in [6.45, 7) is 2.25. The number of hydrogen-bond donors (Lipinski definition) is 2. The second-order valence-corrected chi connectivity index (χ2v) is 6.56. The normalized spacial score (nSPS) is 19.6. The molecule has 0 bridgehead atoms. The third-order valence-corrected chi connectivity index (χ3v) is 3.80. The van der Waals surface area contributed by atoms with Gasteiger partial charge in [0.2, 0.25) is 10.0 Å². The summed E-state index contributed by atoms with van der Waals surface area (Å²) in [6.07, 6.45) is 9.32. The van der Waals surface area contributed by atoms with E-state index in [-0.39, 0.29) is 0 Å². The third kappa shape index (κ3) is 7.19. The summed E-state index contributed by atoms with van der Waals surface area (Å²) in [5.74, 6) is 0.792. The number of nitrogens with one attached hydrogen (secondary N) is 2. The largest absolute Gasteiger partial charge is 0.315 e. The Kier molecular flexibility index (Phi) is 6.31. The first-order chi connectivity index (χ1) is 7.58. The summed E-state index contributed by atoms with van der Waals surface area (Å²) in [7, 11) is -3.03. The van der Waals surface area contributed by atoms with Crippen LogP contribution in [0, 0.1) is 5.92 Å². The molecular formula is C11H24N2O2S. The van der Waals surface area contributed by atoms with Crippen LogP contribution in [0.3, 0.4) is 0 Å². The number of rotatable bonds is 6. The van der Waals surface area contributed by atoms with Crippen LogP contribution in [0.1, 0.15) is 38.5 Å². The van der Waals surface area contributed by atoms with Gasteiger partial charge in [0.1, 0.15) is 0 Å². The summed E-state index contributed by atoms with van der Waals surface area (Å²) in [5.41, 5.74) is 0. The van der Waals surface area contributed by atoms with Crippen LogP contribution in [0.2, 0.25) is 0 Å². The van der Waals surface area contributed by atoms with Gasteiger partial charge >= 0.3 is 0 Å². The van der Waals surface area contributed by atoms with Gasteiger partial charge in [-0.25, -0.2) is 13.1 Å². The van der Waals surface area contributed by atoms with E-state index < -0.39 is 10.0 Å². The standard InChI is InChI=1S/C11H24N2O2S/c1-16(14,15)13-9-8-12-10-11-6-4-2-3-5-7-11/h11-13H,2-10H2,1H3. The quantitative estimate of drug-likeness (QED) is 0.546. The van der Waals surface area contributed by atoms with Crippen LogP contribution in [0.25, 0.3) is 0 Å². The van der Waals surface area contributed by atoms with Crippen molar-refractivity contribution in [1.29, 1.82) is 0 Å². The fourth-order valence-corrected chi connectivity index (χ4v) is 2.67. The topological polar surface area (TPSA) is 58.2 Å². The molecule has 1 saturated carbocycles. The Morgan fingerprint density at radius 1 is 1.06 bits per heavy atom. The maximum absolute atomic E-state index is 10.8. The van der Waals surface area contributed by atoms with Crippen LogP contribution in [0.5, 0.6) is 0 Å². The lowest BCUT2D eigenvalue weighted by atomic mass is 10.0. The van der Waals surface area contributed by atoms with Crippen molar-refractivity contribution < 1.29 is 8.42 Å². The minimum atomic E-state index is -3.03. The molecule has 0 amide bonds. The molecule has 0 radical (unpaired) electrons. The second-order valence-electron chi connectivity index (χ2n) is 4.73. The molecule has 16 heavy (non-hydrogen) atoms. The first-order valence-corrected chi connectivity index (χ1v) is 8.12. The molecule has 0 saturated heterocycles. The Morgan fingerprint density at radius 2 is 1.69 bits per heavy atom. The highest BCUT2D eigenvalue weighted by atomic mass is 32.2. The van der Waals surface area contributed by atoms with E-state index in [0.717, 1.165) is 19.0 Å². The van der Waals surface area contributed by atoms with Gasteiger partial charge < -0.3 is 5.32 Å². The predicted molar refractivity (Wildman–Crippen MR) is 66.9 cm³/mol. The highest BCUT2D eigenvalue weighted by molar-refractivity contribution is 7.88. The molecule has 0 aliphatic heterocycles. The maximum Gasteiger partial charge on any atom is 0.208 e. The fraction of sp³-hybridized carbons (Fsp3) is 1.00. The van der Waals surface area contributed by atoms with E-state index >= 15 is 0 Å². The van der Waals surface area contributed by atoms with E-state index in [0.29, 0.717) is 6.54 Å². The lowest BCUT2D eigenvalue weighted by Crippen LogP contribution is -2.33. The van der Waals surface area contributed by atoms with Gasteiger partial charge in [-0.15, -0.1) is 0 Å². The van der Waals surface area contributed by atoms with E-state index in [4.69, 9.17) is 0 Å². The van der Waals surface area contributed by atoms with Gasteiger partial charge in [0, 0.05) is 13.1 Å². The fourth-order valence-electron chi connectivity index (χ4n) is 2.20. The molecule has 5 heteroatoms. The molecule has 0 aromatic heterocycles. The molecule has 4 nitrogen and oxygen atoms in total. The molecule has 0 atom stereocenters. The first kappa shape index (κ1) is 13.9. The van der Waals surface area contributed by atoms with Crippen molar-refractivity contribution in [1.82, 2.24) is 10.0 Å². The van der Waals surface area contributed by atoms with Crippen LogP contribution < -0.4 is 10.0 Å². The molecule has 1 aliphatic carbocycles. The molecule has 2 N–H and O–H groups in total. The van der Waals surface area contributed by atoms with E-state index in [1.54, 1.807) is 0 Å². The summed E-state index contributed by atoms with van der Waals surface area (Å²) in [5, 5.41) is 3.33. The minimum absolute atomic E-state index is 0.492. The predicted octanol–water partition coefficient (Wildman–Crippen LogP) is 1.10. The van der Waals surface area contributed by atoms with Crippen molar-refractivity contribution in [3.63, 3.8) is 0 Å². The highest BCUT2D eigenvalue weighted by Crippen LogP contribution is 2.21. The van der Waals surface area contributed by atoms with Crippen molar-refractivity contribution in [2.75, 3.05) is 25.9 Å². The van der Waals surface area contributed by atoms with E-state index in [2.05, 4.69) is 10.0 Å². The Hall–Kier alpha value is -0.130. The summed E-state index contributed by atoms with van der Waals surface area (Å²) in [4.78, 5) is 0. The zero-order valence-electron chi connectivity index (χ0n) is 10.2. The van der Waals surface area contributed by atoms with Gasteiger partial charge in [0.15, 0.2) is 0 Å². The first-order valence-electron chi connectivity index (χ1n) is 6.23. The zero-order valence-corrected chi connectivity index (χ0v) is 11.0. The number of hydrogen-bond acceptors (Lipinski definition) is 3. The molecule has 96 valence electrons. The Balaban J connectivity index is 2.01. The van der Waals surface area contributed by atoms with Crippen LogP contribution in [0.4, 0.5) is 0 Å². The molecule has 1 fully saturated rings. The minimum Gasteiger partial charge on any atom is -0.315 e. The smallest absolute Gasteiger partial charge is 0.208 e. The monoisotopic (exact) mass is 248 g/mol. The summed E-state index contributed by atoms with van der Waals surface area (Å²) < 4.78 is 24.1. The molecule has 0 aromatic carbocycles. The van der Waals surface area contributed by atoms with Gasteiger partial charge in [-0.05, 0) is 25.3 Å². The summed E-state index contributed by atoms with van der Waals surface area (Å²) >= 11 is 0. The van der Waals surface area contributed by atoms with E-state index in [1.807, 2.05) is 0 Å². The van der Waals surface area contributed by atoms with Gasteiger partial charge in [-0.1, -0.05) is 25.7 Å². The maximum atomic E-state index is 10.8. The van der Waals surface area contributed by atoms with Crippen LogP contribution in [0.15, 0.2) is 0 Å². The SMILES string of the molecule is CS(=O)(=O)NCCNCC1CCCCCC1. The van der Waals surface area contributed by atoms with Crippen molar-refractivity contribution >= 4 is 10.0 Å².